The smallest absolute Gasteiger partial charge is 0.307 e. The molecule has 1 amide bonds. The van der Waals surface area contributed by atoms with Crippen molar-refractivity contribution in [2.75, 3.05) is 20.7 Å². The van der Waals surface area contributed by atoms with Gasteiger partial charge in [0.2, 0.25) is 5.91 Å². The molecule has 0 saturated heterocycles. The fourth-order valence-electron chi connectivity index (χ4n) is 1.18. The van der Waals surface area contributed by atoms with Gasteiger partial charge in [-0.25, -0.2) is 0 Å². The fourth-order valence-corrected chi connectivity index (χ4v) is 1.18. The molecule has 0 radical (unpaired) electrons. The lowest BCUT2D eigenvalue weighted by Gasteiger charge is -2.16. The molecule has 4 nitrogen and oxygen atoms in total. The molecule has 0 fully saturated rings. The monoisotopic (exact) mass is 225 g/mol. The van der Waals surface area contributed by atoms with Gasteiger partial charge in [0.1, 0.15) is 0 Å². The number of rotatable bonds is 7. The maximum Gasteiger partial charge on any atom is 0.307 e. The van der Waals surface area contributed by atoms with Crippen molar-refractivity contribution >= 4 is 11.9 Å². The van der Waals surface area contributed by atoms with Gasteiger partial charge in [-0.3, -0.25) is 9.59 Å². The van der Waals surface area contributed by atoms with E-state index >= 15 is 0 Å². The highest BCUT2D eigenvalue weighted by atomic mass is 16.5. The number of methoxy groups -OCH3 is 1. The van der Waals surface area contributed by atoms with Crippen LogP contribution in [-0.2, 0) is 14.3 Å². The molecule has 0 spiro atoms. The van der Waals surface area contributed by atoms with E-state index in [-0.39, 0.29) is 18.3 Å². The second-order valence-corrected chi connectivity index (χ2v) is 3.55. The summed E-state index contributed by atoms with van der Waals surface area (Å²) in [4.78, 5) is 23.9. The molecule has 0 rings (SSSR count). The molecule has 90 valence electrons. The van der Waals surface area contributed by atoms with Crippen molar-refractivity contribution in [2.45, 2.75) is 32.1 Å². The Morgan fingerprint density at radius 2 is 2.00 bits per heavy atom. The molecule has 0 atom stereocenters. The summed E-state index contributed by atoms with van der Waals surface area (Å²) in [5.74, 6) is 2.28. The van der Waals surface area contributed by atoms with Gasteiger partial charge in [0, 0.05) is 26.4 Å². The first-order chi connectivity index (χ1) is 7.61. The summed E-state index contributed by atoms with van der Waals surface area (Å²) < 4.78 is 4.49. The van der Waals surface area contributed by atoms with Crippen LogP contribution in [0.5, 0.6) is 0 Å². The molecule has 0 aromatic rings. The number of unbranched alkanes of at least 4 members (excludes halogenated alkanes) is 2. The van der Waals surface area contributed by atoms with Crippen molar-refractivity contribution in [3.63, 3.8) is 0 Å². The zero-order valence-corrected chi connectivity index (χ0v) is 9.99. The van der Waals surface area contributed by atoms with Crippen molar-refractivity contribution in [1.82, 2.24) is 4.90 Å². The molecule has 0 saturated carbocycles. The highest BCUT2D eigenvalue weighted by Gasteiger charge is 2.10. The first-order valence-electron chi connectivity index (χ1n) is 5.36. The van der Waals surface area contributed by atoms with E-state index in [9.17, 15) is 9.59 Å². The van der Waals surface area contributed by atoms with Gasteiger partial charge in [0.15, 0.2) is 0 Å². The quantitative estimate of drug-likeness (QED) is 0.371. The molecular formula is C12H19NO3. The predicted octanol–water partition coefficient (Wildman–Crippen LogP) is 1.20. The SMILES string of the molecule is C#CCCCCC(=O)N(C)CCC(=O)OC. The number of amides is 1. The number of hydrogen-bond donors (Lipinski definition) is 0. The highest BCUT2D eigenvalue weighted by molar-refractivity contribution is 5.76. The molecule has 0 aliphatic carbocycles. The number of ether oxygens (including phenoxy) is 1. The fraction of sp³-hybridized carbons (Fsp3) is 0.667. The van der Waals surface area contributed by atoms with Crippen LogP contribution in [0.1, 0.15) is 32.1 Å². The van der Waals surface area contributed by atoms with Crippen LogP contribution in [0.4, 0.5) is 0 Å². The second kappa shape index (κ2) is 8.78. The van der Waals surface area contributed by atoms with Gasteiger partial charge < -0.3 is 9.64 Å². The Kier molecular flexibility index (Phi) is 7.96. The average molecular weight is 225 g/mol. The van der Waals surface area contributed by atoms with Gasteiger partial charge >= 0.3 is 5.97 Å². The second-order valence-electron chi connectivity index (χ2n) is 3.55. The van der Waals surface area contributed by atoms with Crippen LogP contribution in [0, 0.1) is 12.3 Å². The number of esters is 1. The molecule has 16 heavy (non-hydrogen) atoms. The van der Waals surface area contributed by atoms with Crippen molar-refractivity contribution in [2.24, 2.45) is 0 Å². The summed E-state index contributed by atoms with van der Waals surface area (Å²) in [6, 6.07) is 0. The van der Waals surface area contributed by atoms with E-state index in [1.807, 2.05) is 0 Å². The third-order valence-electron chi connectivity index (χ3n) is 2.27. The number of terminal acetylenes is 1. The van der Waals surface area contributed by atoms with Gasteiger partial charge in [-0.1, -0.05) is 0 Å². The minimum atomic E-state index is -0.299. The summed E-state index contributed by atoms with van der Waals surface area (Å²) in [6.45, 7) is 0.403. The predicted molar refractivity (Wildman–Crippen MR) is 61.6 cm³/mol. The Hall–Kier alpha value is -1.50. The Morgan fingerprint density at radius 3 is 2.56 bits per heavy atom. The van der Waals surface area contributed by atoms with Crippen LogP contribution in [0.3, 0.4) is 0 Å². The summed E-state index contributed by atoms with van der Waals surface area (Å²) in [5.41, 5.74) is 0. The third-order valence-corrected chi connectivity index (χ3v) is 2.27. The van der Waals surface area contributed by atoms with E-state index in [0.717, 1.165) is 12.8 Å². The first kappa shape index (κ1) is 14.5. The van der Waals surface area contributed by atoms with Crippen molar-refractivity contribution in [3.8, 4) is 12.3 Å². The number of nitrogens with zero attached hydrogens (tertiary/aromatic N) is 1. The normalized spacial score (nSPS) is 9.31. The van der Waals surface area contributed by atoms with Gasteiger partial charge in [0.25, 0.3) is 0 Å². The lowest BCUT2D eigenvalue weighted by Crippen LogP contribution is -2.29. The largest absolute Gasteiger partial charge is 0.469 e. The van der Waals surface area contributed by atoms with Gasteiger partial charge in [0.05, 0.1) is 13.5 Å². The molecule has 0 aromatic heterocycles. The summed E-state index contributed by atoms with van der Waals surface area (Å²) in [7, 11) is 3.02. The van der Waals surface area contributed by atoms with Crippen LogP contribution in [0.2, 0.25) is 0 Å². The molecule has 0 bridgehead atoms. The van der Waals surface area contributed by atoms with Crippen molar-refractivity contribution in [3.05, 3.63) is 0 Å². The molecule has 0 N–H and O–H groups in total. The van der Waals surface area contributed by atoms with Crippen LogP contribution < -0.4 is 0 Å². The van der Waals surface area contributed by atoms with Crippen molar-refractivity contribution < 1.29 is 14.3 Å². The topological polar surface area (TPSA) is 46.6 Å². The third kappa shape index (κ3) is 6.88. The van der Waals surface area contributed by atoms with E-state index in [1.54, 1.807) is 11.9 Å². The molecule has 0 aliphatic rings. The van der Waals surface area contributed by atoms with E-state index in [4.69, 9.17) is 6.42 Å². The highest BCUT2D eigenvalue weighted by Crippen LogP contribution is 2.02. The number of carbonyl (C=O) groups excluding carboxylic acids is 2. The molecule has 4 heteroatoms. The maximum atomic E-state index is 11.5. The molecule has 0 unspecified atom stereocenters. The Labute approximate surface area is 96.9 Å². The number of hydrogen-bond acceptors (Lipinski definition) is 3. The summed E-state index contributed by atoms with van der Waals surface area (Å²) in [5, 5.41) is 0. The summed E-state index contributed by atoms with van der Waals surface area (Å²) >= 11 is 0. The average Bonchev–Trinajstić information content (AvgIpc) is 2.30. The Balaban J connectivity index is 3.65. The maximum absolute atomic E-state index is 11.5. The van der Waals surface area contributed by atoms with Crippen molar-refractivity contribution in [1.29, 1.82) is 0 Å². The van der Waals surface area contributed by atoms with E-state index in [2.05, 4.69) is 10.7 Å². The molecule has 0 heterocycles. The van der Waals surface area contributed by atoms with Gasteiger partial charge in [-0.15, -0.1) is 12.3 Å². The molecular weight excluding hydrogens is 206 g/mol. The Bertz CT molecular complexity index is 268. The van der Waals surface area contributed by atoms with E-state index in [1.165, 1.54) is 7.11 Å². The zero-order valence-electron chi connectivity index (χ0n) is 9.99. The standard InChI is InChI=1S/C12H19NO3/c1-4-5-6-7-8-11(14)13(2)10-9-12(15)16-3/h1H,5-10H2,2-3H3. The minimum Gasteiger partial charge on any atom is -0.469 e. The van der Waals surface area contributed by atoms with E-state index < -0.39 is 0 Å². The van der Waals surface area contributed by atoms with Gasteiger partial charge in [-0.2, -0.15) is 0 Å². The van der Waals surface area contributed by atoms with Crippen LogP contribution in [-0.4, -0.2) is 37.5 Å². The molecule has 0 aromatic carbocycles. The minimum absolute atomic E-state index is 0.0425. The van der Waals surface area contributed by atoms with Crippen LogP contribution in [0.25, 0.3) is 0 Å². The summed E-state index contributed by atoms with van der Waals surface area (Å²) in [6.07, 6.45) is 8.20. The van der Waals surface area contributed by atoms with Gasteiger partial charge in [-0.05, 0) is 12.8 Å². The zero-order chi connectivity index (χ0) is 12.4. The lowest BCUT2D eigenvalue weighted by atomic mass is 10.2. The number of carbonyl (C=O) groups is 2. The first-order valence-corrected chi connectivity index (χ1v) is 5.36. The Morgan fingerprint density at radius 1 is 1.31 bits per heavy atom. The van der Waals surface area contributed by atoms with E-state index in [0.29, 0.717) is 19.4 Å². The van der Waals surface area contributed by atoms with Crippen LogP contribution in [0.15, 0.2) is 0 Å². The van der Waals surface area contributed by atoms with Crippen LogP contribution >= 0.6 is 0 Å². The lowest BCUT2D eigenvalue weighted by molar-refractivity contribution is -0.141. The molecule has 0 aliphatic heterocycles.